The number of rotatable bonds is 3. The Morgan fingerprint density at radius 3 is 2.62 bits per heavy atom. The van der Waals surface area contributed by atoms with E-state index in [-0.39, 0.29) is 0 Å². The van der Waals surface area contributed by atoms with Crippen molar-refractivity contribution in [3.63, 3.8) is 0 Å². The summed E-state index contributed by atoms with van der Waals surface area (Å²) in [6, 6.07) is 6.98. The zero-order valence-corrected chi connectivity index (χ0v) is 7.96. The molecular formula is C11H13O2. The summed E-state index contributed by atoms with van der Waals surface area (Å²) < 4.78 is 10.5. The van der Waals surface area contributed by atoms with E-state index in [1.807, 2.05) is 6.07 Å². The van der Waals surface area contributed by atoms with Crippen molar-refractivity contribution in [3.8, 4) is 11.5 Å². The Morgan fingerprint density at radius 2 is 2.08 bits per heavy atom. The first kappa shape index (κ1) is 8.42. The minimum absolute atomic E-state index is 0.679. The molecule has 69 valence electrons. The lowest BCUT2D eigenvalue weighted by Crippen LogP contribution is -1.94. The highest BCUT2D eigenvalue weighted by atomic mass is 16.5. The van der Waals surface area contributed by atoms with Gasteiger partial charge in [0, 0.05) is 11.6 Å². The van der Waals surface area contributed by atoms with Crippen LogP contribution in [-0.4, -0.2) is 14.2 Å². The zero-order valence-electron chi connectivity index (χ0n) is 7.96. The van der Waals surface area contributed by atoms with E-state index in [1.165, 1.54) is 18.4 Å². The maximum Gasteiger partial charge on any atom is 0.168 e. The molecule has 0 heterocycles. The van der Waals surface area contributed by atoms with Gasteiger partial charge in [0.05, 0.1) is 14.2 Å². The molecule has 2 rings (SSSR count). The molecule has 2 nitrogen and oxygen atoms in total. The molecule has 2 heteroatoms. The standard InChI is InChI=1S/C11H13O2/c1-12-10-5-3-4-9(8-6-7-8)11(10)13-2/h3-4,8H,6-7H2,1-2H3. The molecule has 0 bridgehead atoms. The van der Waals surface area contributed by atoms with E-state index < -0.39 is 0 Å². The molecule has 13 heavy (non-hydrogen) atoms. The Kier molecular flexibility index (Phi) is 2.13. The third-order valence-corrected chi connectivity index (χ3v) is 2.37. The second-order valence-corrected chi connectivity index (χ2v) is 3.27. The lowest BCUT2D eigenvalue weighted by Gasteiger charge is -2.10. The number of methoxy groups -OCH3 is 2. The number of hydrogen-bond acceptors (Lipinski definition) is 2. The van der Waals surface area contributed by atoms with Crippen LogP contribution in [0.15, 0.2) is 12.1 Å². The summed E-state index contributed by atoms with van der Waals surface area (Å²) in [6.45, 7) is 0. The molecule has 0 aliphatic heterocycles. The lowest BCUT2D eigenvalue weighted by molar-refractivity contribution is 0.351. The van der Waals surface area contributed by atoms with Crippen molar-refractivity contribution in [3.05, 3.63) is 23.8 Å². The number of ether oxygens (including phenoxy) is 2. The van der Waals surface area contributed by atoms with Crippen LogP contribution in [0.4, 0.5) is 0 Å². The van der Waals surface area contributed by atoms with Gasteiger partial charge in [0.15, 0.2) is 11.5 Å². The van der Waals surface area contributed by atoms with Gasteiger partial charge >= 0.3 is 0 Å². The van der Waals surface area contributed by atoms with Crippen molar-refractivity contribution in [2.24, 2.45) is 0 Å². The molecule has 1 aliphatic carbocycles. The molecule has 0 amide bonds. The van der Waals surface area contributed by atoms with Gasteiger partial charge in [-0.15, -0.1) is 0 Å². The third kappa shape index (κ3) is 1.48. The predicted octanol–water partition coefficient (Wildman–Crippen LogP) is 2.38. The first-order valence-corrected chi connectivity index (χ1v) is 4.49. The summed E-state index contributed by atoms with van der Waals surface area (Å²) in [7, 11) is 3.32. The monoisotopic (exact) mass is 177 g/mol. The minimum atomic E-state index is 0.679. The number of benzene rings is 1. The lowest BCUT2D eigenvalue weighted by atomic mass is 10.1. The van der Waals surface area contributed by atoms with Crippen LogP contribution in [0.5, 0.6) is 11.5 Å². The van der Waals surface area contributed by atoms with Gasteiger partial charge in [-0.05, 0) is 24.8 Å². The third-order valence-electron chi connectivity index (χ3n) is 2.37. The SMILES string of the molecule is COc1[c]ccc(C2CC2)c1OC. The van der Waals surface area contributed by atoms with Gasteiger partial charge in [-0.2, -0.15) is 0 Å². The van der Waals surface area contributed by atoms with Crippen LogP contribution in [0.2, 0.25) is 0 Å². The van der Waals surface area contributed by atoms with Gasteiger partial charge in [-0.25, -0.2) is 0 Å². The summed E-state index contributed by atoms with van der Waals surface area (Å²) in [4.78, 5) is 0. The van der Waals surface area contributed by atoms with E-state index >= 15 is 0 Å². The molecule has 1 saturated carbocycles. The fraction of sp³-hybridized carbons (Fsp3) is 0.455. The van der Waals surface area contributed by atoms with E-state index in [2.05, 4.69) is 12.1 Å². The second-order valence-electron chi connectivity index (χ2n) is 3.27. The summed E-state index contributed by atoms with van der Waals surface area (Å²) >= 11 is 0. The van der Waals surface area contributed by atoms with Crippen molar-refractivity contribution < 1.29 is 9.47 Å². The predicted molar refractivity (Wildman–Crippen MR) is 50.4 cm³/mol. The van der Waals surface area contributed by atoms with Gasteiger partial charge in [0.1, 0.15) is 0 Å². The zero-order chi connectivity index (χ0) is 9.26. The van der Waals surface area contributed by atoms with E-state index in [0.717, 1.165) is 5.75 Å². The van der Waals surface area contributed by atoms with Crippen LogP contribution in [0.1, 0.15) is 24.3 Å². The van der Waals surface area contributed by atoms with Crippen LogP contribution >= 0.6 is 0 Å². The Morgan fingerprint density at radius 1 is 1.31 bits per heavy atom. The maximum atomic E-state index is 5.31. The van der Waals surface area contributed by atoms with Gasteiger partial charge in [0.2, 0.25) is 0 Å². The van der Waals surface area contributed by atoms with Crippen LogP contribution in [0, 0.1) is 6.07 Å². The first-order valence-electron chi connectivity index (χ1n) is 4.49. The fourth-order valence-corrected chi connectivity index (χ4v) is 1.56. The molecule has 0 spiro atoms. The Bertz CT molecular complexity index is 303. The molecule has 1 radical (unpaired) electrons. The first-order chi connectivity index (χ1) is 6.36. The molecule has 0 aromatic heterocycles. The summed E-state index contributed by atoms with van der Waals surface area (Å²) in [5.41, 5.74) is 1.26. The van der Waals surface area contributed by atoms with Crippen LogP contribution in [0.3, 0.4) is 0 Å². The largest absolute Gasteiger partial charge is 0.493 e. The van der Waals surface area contributed by atoms with Crippen molar-refractivity contribution >= 4 is 0 Å². The van der Waals surface area contributed by atoms with Gasteiger partial charge in [0.25, 0.3) is 0 Å². The quantitative estimate of drug-likeness (QED) is 0.705. The van der Waals surface area contributed by atoms with Gasteiger partial charge < -0.3 is 9.47 Å². The Hall–Kier alpha value is -1.18. The van der Waals surface area contributed by atoms with Crippen LogP contribution < -0.4 is 9.47 Å². The van der Waals surface area contributed by atoms with Gasteiger partial charge in [-0.1, -0.05) is 6.07 Å². The Balaban J connectivity index is 2.41. The molecule has 1 aliphatic rings. The van der Waals surface area contributed by atoms with E-state index in [1.54, 1.807) is 14.2 Å². The van der Waals surface area contributed by atoms with Crippen LogP contribution in [0.25, 0.3) is 0 Å². The molecule has 1 aromatic carbocycles. The van der Waals surface area contributed by atoms with Crippen molar-refractivity contribution in [1.29, 1.82) is 0 Å². The highest BCUT2D eigenvalue weighted by Gasteiger charge is 2.27. The number of hydrogen-bond donors (Lipinski definition) is 0. The Labute approximate surface area is 78.5 Å². The highest BCUT2D eigenvalue weighted by molar-refractivity contribution is 5.48. The topological polar surface area (TPSA) is 18.5 Å². The molecule has 0 atom stereocenters. The molecule has 0 unspecified atom stereocenters. The summed E-state index contributed by atoms with van der Waals surface area (Å²) in [5.74, 6) is 2.25. The minimum Gasteiger partial charge on any atom is -0.493 e. The van der Waals surface area contributed by atoms with Crippen molar-refractivity contribution in [1.82, 2.24) is 0 Å². The average molecular weight is 177 g/mol. The van der Waals surface area contributed by atoms with Gasteiger partial charge in [-0.3, -0.25) is 0 Å². The second kappa shape index (κ2) is 3.29. The van der Waals surface area contributed by atoms with Crippen LogP contribution in [-0.2, 0) is 0 Å². The maximum absolute atomic E-state index is 5.31. The van der Waals surface area contributed by atoms with E-state index in [0.29, 0.717) is 11.7 Å². The van der Waals surface area contributed by atoms with E-state index in [4.69, 9.17) is 9.47 Å². The fourth-order valence-electron chi connectivity index (χ4n) is 1.56. The highest BCUT2D eigenvalue weighted by Crippen LogP contribution is 2.46. The molecule has 0 saturated heterocycles. The summed E-state index contributed by atoms with van der Waals surface area (Å²) in [6.07, 6.45) is 2.53. The average Bonchev–Trinajstić information content (AvgIpc) is 2.99. The molecular weight excluding hydrogens is 164 g/mol. The summed E-state index contributed by atoms with van der Waals surface area (Å²) in [5, 5.41) is 0. The molecule has 1 aromatic rings. The molecule has 0 N–H and O–H groups in total. The van der Waals surface area contributed by atoms with Crippen molar-refractivity contribution in [2.75, 3.05) is 14.2 Å². The van der Waals surface area contributed by atoms with E-state index in [9.17, 15) is 0 Å². The normalized spacial score (nSPS) is 15.5. The molecule has 1 fully saturated rings. The van der Waals surface area contributed by atoms with Crippen molar-refractivity contribution in [2.45, 2.75) is 18.8 Å². The smallest absolute Gasteiger partial charge is 0.168 e.